The Morgan fingerprint density at radius 3 is 2.61 bits per heavy atom. The van der Waals surface area contributed by atoms with Crippen LogP contribution in [-0.2, 0) is 13.0 Å². The SMILES string of the molecule is COc1cc2c(c([C@H](Cc3ccc(N)cc3)c3csc(C)n3)c1)-c1c(C3CCCCC3)c3ccc(C(N)=O)cc3n1CCO2. The van der Waals surface area contributed by atoms with E-state index in [-0.39, 0.29) is 5.92 Å². The molecule has 7 rings (SSSR count). The molecule has 2 aliphatic rings. The Kier molecular flexibility index (Phi) is 7.54. The summed E-state index contributed by atoms with van der Waals surface area (Å²) >= 11 is 1.67. The van der Waals surface area contributed by atoms with Gasteiger partial charge in [0.25, 0.3) is 0 Å². The number of benzene rings is 3. The highest BCUT2D eigenvalue weighted by Gasteiger charge is 2.34. The molecule has 1 aliphatic carbocycles. The van der Waals surface area contributed by atoms with Crippen molar-refractivity contribution < 1.29 is 14.3 Å². The number of thiazole rings is 1. The molecular formula is C36H38N4O3S. The van der Waals surface area contributed by atoms with Crippen LogP contribution in [0.5, 0.6) is 11.5 Å². The lowest BCUT2D eigenvalue weighted by molar-refractivity contribution is 0.100. The maximum atomic E-state index is 12.3. The van der Waals surface area contributed by atoms with Crippen LogP contribution in [0.2, 0.25) is 0 Å². The average molecular weight is 607 g/mol. The molecule has 7 nitrogen and oxygen atoms in total. The maximum Gasteiger partial charge on any atom is 0.248 e. The van der Waals surface area contributed by atoms with Crippen LogP contribution in [0.4, 0.5) is 5.69 Å². The summed E-state index contributed by atoms with van der Waals surface area (Å²) in [6.07, 6.45) is 6.73. The first-order valence-corrected chi connectivity index (χ1v) is 16.4. The number of aryl methyl sites for hydroxylation is 1. The van der Waals surface area contributed by atoms with Gasteiger partial charge in [-0.15, -0.1) is 11.3 Å². The molecule has 44 heavy (non-hydrogen) atoms. The van der Waals surface area contributed by atoms with Gasteiger partial charge in [-0.1, -0.05) is 37.5 Å². The van der Waals surface area contributed by atoms with E-state index in [1.54, 1.807) is 18.4 Å². The van der Waals surface area contributed by atoms with Gasteiger partial charge in [0, 0.05) is 45.1 Å². The molecule has 0 radical (unpaired) electrons. The van der Waals surface area contributed by atoms with E-state index in [9.17, 15) is 4.79 Å². The number of fused-ring (bicyclic) bond motifs is 5. The molecule has 0 saturated heterocycles. The molecule has 1 saturated carbocycles. The molecule has 0 unspecified atom stereocenters. The quantitative estimate of drug-likeness (QED) is 0.186. The van der Waals surface area contributed by atoms with Crippen molar-refractivity contribution >= 4 is 33.8 Å². The smallest absolute Gasteiger partial charge is 0.248 e. The molecule has 1 fully saturated rings. The van der Waals surface area contributed by atoms with Crippen molar-refractivity contribution in [2.24, 2.45) is 5.73 Å². The third-order valence-corrected chi connectivity index (χ3v) is 10.1. The number of rotatable bonds is 7. The zero-order chi connectivity index (χ0) is 30.4. The number of nitrogens with two attached hydrogens (primary N) is 2. The second-order valence-electron chi connectivity index (χ2n) is 12.1. The zero-order valence-corrected chi connectivity index (χ0v) is 26.1. The summed E-state index contributed by atoms with van der Waals surface area (Å²) in [5.74, 6) is 1.52. The van der Waals surface area contributed by atoms with E-state index in [0.717, 1.165) is 63.8 Å². The largest absolute Gasteiger partial charge is 0.497 e. The van der Waals surface area contributed by atoms with Crippen molar-refractivity contribution in [2.75, 3.05) is 19.5 Å². The number of nitrogen functional groups attached to an aromatic ring is 1. The van der Waals surface area contributed by atoms with E-state index in [1.165, 1.54) is 41.5 Å². The lowest BCUT2D eigenvalue weighted by Gasteiger charge is -2.26. The third kappa shape index (κ3) is 5.11. The fraction of sp³-hybridized carbons (Fsp3) is 0.333. The second kappa shape index (κ2) is 11.7. The Morgan fingerprint density at radius 1 is 1.11 bits per heavy atom. The summed E-state index contributed by atoms with van der Waals surface area (Å²) in [6.45, 7) is 3.22. The number of ether oxygens (including phenoxy) is 2. The summed E-state index contributed by atoms with van der Waals surface area (Å²) in [4.78, 5) is 17.3. The monoisotopic (exact) mass is 606 g/mol. The summed E-state index contributed by atoms with van der Waals surface area (Å²) < 4.78 is 14.8. The van der Waals surface area contributed by atoms with Crippen molar-refractivity contribution in [2.45, 2.75) is 63.8 Å². The summed E-state index contributed by atoms with van der Waals surface area (Å²) in [5, 5.41) is 4.41. The van der Waals surface area contributed by atoms with E-state index in [4.69, 9.17) is 25.9 Å². The summed E-state index contributed by atoms with van der Waals surface area (Å²) in [5.41, 5.74) is 21.1. The number of amides is 1. The number of hydrogen-bond donors (Lipinski definition) is 2. The molecule has 1 atom stereocenters. The van der Waals surface area contributed by atoms with Crippen LogP contribution >= 0.6 is 11.3 Å². The normalized spacial score (nSPS) is 15.7. The molecule has 8 heteroatoms. The second-order valence-corrected chi connectivity index (χ2v) is 13.1. The van der Waals surface area contributed by atoms with Crippen molar-refractivity contribution in [3.05, 3.63) is 92.9 Å². The number of hydrogen-bond acceptors (Lipinski definition) is 6. The van der Waals surface area contributed by atoms with Crippen molar-refractivity contribution in [1.29, 1.82) is 0 Å². The predicted octanol–water partition coefficient (Wildman–Crippen LogP) is 7.58. The molecule has 2 aromatic heterocycles. The Bertz CT molecular complexity index is 1850. The standard InChI is InChI=1S/C36H38N4O3S/c1-21-39-30(20-44-21)28(16-22-8-11-25(37)12-9-22)29-18-26(42-2)19-32-34(29)35-33(23-6-4-3-5-7-23)27-13-10-24(36(38)41)17-31(27)40(35)14-15-43-32/h8-13,17-20,23,28H,3-7,14-16,37H2,1-2H3,(H2,38,41)/t28-/m0/s1. The Balaban J connectivity index is 1.54. The fourth-order valence-corrected chi connectivity index (χ4v) is 7.92. The zero-order valence-electron chi connectivity index (χ0n) is 25.3. The van der Waals surface area contributed by atoms with Gasteiger partial charge in [0.05, 0.1) is 30.1 Å². The first kappa shape index (κ1) is 28.5. The van der Waals surface area contributed by atoms with Crippen LogP contribution < -0.4 is 20.9 Å². The molecule has 0 spiro atoms. The van der Waals surface area contributed by atoms with Gasteiger partial charge in [0.1, 0.15) is 18.1 Å². The Labute approximate surface area is 261 Å². The molecule has 226 valence electrons. The Morgan fingerprint density at radius 2 is 1.91 bits per heavy atom. The molecule has 4 N–H and O–H groups in total. The van der Waals surface area contributed by atoms with Crippen LogP contribution in [-0.4, -0.2) is 29.2 Å². The minimum Gasteiger partial charge on any atom is -0.497 e. The molecule has 3 aromatic carbocycles. The van der Waals surface area contributed by atoms with Crippen LogP contribution in [0.25, 0.3) is 22.2 Å². The minimum absolute atomic E-state index is 0.0547. The lowest BCUT2D eigenvalue weighted by Crippen LogP contribution is -2.11. The van der Waals surface area contributed by atoms with Crippen molar-refractivity contribution in [1.82, 2.24) is 9.55 Å². The molecule has 0 bridgehead atoms. The minimum atomic E-state index is -0.417. The topological polar surface area (TPSA) is 105 Å². The maximum absolute atomic E-state index is 12.3. The summed E-state index contributed by atoms with van der Waals surface area (Å²) in [7, 11) is 1.71. The van der Waals surface area contributed by atoms with Gasteiger partial charge in [-0.05, 0) is 79.1 Å². The van der Waals surface area contributed by atoms with E-state index in [0.29, 0.717) is 24.6 Å². The highest BCUT2D eigenvalue weighted by atomic mass is 32.1. The molecule has 1 aliphatic heterocycles. The molecule has 3 heterocycles. The number of aromatic nitrogens is 2. The van der Waals surface area contributed by atoms with Gasteiger partial charge in [0.2, 0.25) is 5.91 Å². The molecule has 1 amide bonds. The van der Waals surface area contributed by atoms with Crippen LogP contribution in [0, 0.1) is 6.92 Å². The predicted molar refractivity (Wildman–Crippen MR) is 177 cm³/mol. The molecule has 5 aromatic rings. The van der Waals surface area contributed by atoms with E-state index in [2.05, 4.69) is 41.1 Å². The first-order valence-electron chi connectivity index (χ1n) is 15.5. The number of anilines is 1. The average Bonchev–Trinajstić information content (AvgIpc) is 3.55. The van der Waals surface area contributed by atoms with Crippen molar-refractivity contribution in [3.63, 3.8) is 0 Å². The third-order valence-electron chi connectivity index (χ3n) is 9.34. The van der Waals surface area contributed by atoms with Crippen molar-refractivity contribution in [3.8, 4) is 22.8 Å². The number of carbonyl (C=O) groups is 1. The number of primary amides is 1. The van der Waals surface area contributed by atoms with Gasteiger partial charge in [-0.3, -0.25) is 4.79 Å². The van der Waals surface area contributed by atoms with Gasteiger partial charge in [-0.2, -0.15) is 0 Å². The van der Waals surface area contributed by atoms with Gasteiger partial charge < -0.3 is 25.5 Å². The Hall–Kier alpha value is -4.30. The van der Waals surface area contributed by atoms with E-state index in [1.807, 2.05) is 30.3 Å². The van der Waals surface area contributed by atoms with Gasteiger partial charge >= 0.3 is 0 Å². The van der Waals surface area contributed by atoms with Gasteiger partial charge in [0.15, 0.2) is 0 Å². The number of methoxy groups -OCH3 is 1. The first-order chi connectivity index (χ1) is 21.4. The highest BCUT2D eigenvalue weighted by molar-refractivity contribution is 7.09. The fourth-order valence-electron chi connectivity index (χ4n) is 7.26. The van der Waals surface area contributed by atoms with E-state index >= 15 is 0 Å². The lowest BCUT2D eigenvalue weighted by atomic mass is 9.79. The van der Waals surface area contributed by atoms with Crippen LogP contribution in [0.3, 0.4) is 0 Å². The molecular weight excluding hydrogens is 568 g/mol. The van der Waals surface area contributed by atoms with Gasteiger partial charge in [-0.25, -0.2) is 4.98 Å². The van der Waals surface area contributed by atoms with E-state index < -0.39 is 5.91 Å². The highest BCUT2D eigenvalue weighted by Crippen LogP contribution is 2.51. The van der Waals surface area contributed by atoms with Crippen LogP contribution in [0.1, 0.15) is 81.7 Å². The van der Waals surface area contributed by atoms with Crippen LogP contribution in [0.15, 0.2) is 60.0 Å². The number of carbonyl (C=O) groups excluding carboxylic acids is 1. The summed E-state index contributed by atoms with van der Waals surface area (Å²) in [6, 6.07) is 18.3. The number of nitrogens with zero attached hydrogens (tertiary/aromatic N) is 2.